The first-order valence-corrected chi connectivity index (χ1v) is 11.8. The van der Waals surface area contributed by atoms with Crippen molar-refractivity contribution < 1.29 is 4.74 Å². The van der Waals surface area contributed by atoms with Crippen LogP contribution < -0.4 is 4.31 Å². The van der Waals surface area contributed by atoms with Crippen molar-refractivity contribution in [1.82, 2.24) is 9.88 Å². The van der Waals surface area contributed by atoms with Gasteiger partial charge in [-0.15, -0.1) is 11.3 Å². The molecular weight excluding hydrogens is 374 g/mol. The number of aryl methyl sites for hydroxylation is 1. The molecule has 2 aromatic heterocycles. The molecule has 0 aliphatic carbocycles. The molecule has 2 aliphatic rings. The third kappa shape index (κ3) is 3.90. The van der Waals surface area contributed by atoms with Crippen LogP contribution in [0.5, 0.6) is 0 Å². The van der Waals surface area contributed by atoms with Gasteiger partial charge in [-0.3, -0.25) is 4.90 Å². The fourth-order valence-corrected chi connectivity index (χ4v) is 5.65. The fourth-order valence-electron chi connectivity index (χ4n) is 4.18. The molecule has 4 heterocycles. The zero-order valence-electron chi connectivity index (χ0n) is 16.5. The molecule has 1 saturated heterocycles. The molecule has 1 fully saturated rings. The van der Waals surface area contributed by atoms with Gasteiger partial charge >= 0.3 is 0 Å². The Morgan fingerprint density at radius 2 is 2.15 bits per heavy atom. The molecular formula is C21H29N3OS2. The summed E-state index contributed by atoms with van der Waals surface area (Å²) in [5.41, 5.74) is 2.76. The second-order valence-electron chi connectivity index (χ2n) is 7.48. The number of thiophene rings is 1. The van der Waals surface area contributed by atoms with Crippen LogP contribution in [-0.4, -0.2) is 42.9 Å². The average molecular weight is 404 g/mol. The number of pyridine rings is 1. The van der Waals surface area contributed by atoms with Gasteiger partial charge in [0.25, 0.3) is 0 Å². The van der Waals surface area contributed by atoms with E-state index in [0.717, 1.165) is 57.7 Å². The SMILES string of the molecule is CCc1cc2c(s1)CCOC21CCN(Cc2ccc(N(C)SC)nc2)CC1. The minimum Gasteiger partial charge on any atom is -0.370 e. The van der Waals surface area contributed by atoms with Gasteiger partial charge in [0.2, 0.25) is 0 Å². The number of rotatable bonds is 5. The summed E-state index contributed by atoms with van der Waals surface area (Å²) in [5, 5.41) is 0. The monoisotopic (exact) mass is 403 g/mol. The van der Waals surface area contributed by atoms with Gasteiger partial charge in [0.05, 0.1) is 12.2 Å². The van der Waals surface area contributed by atoms with E-state index in [1.165, 1.54) is 16.0 Å². The van der Waals surface area contributed by atoms with Gasteiger partial charge in [-0.25, -0.2) is 4.98 Å². The number of aromatic nitrogens is 1. The highest BCUT2D eigenvalue weighted by Crippen LogP contribution is 2.44. The lowest BCUT2D eigenvalue weighted by Crippen LogP contribution is -2.45. The van der Waals surface area contributed by atoms with Crippen LogP contribution in [0.15, 0.2) is 24.4 Å². The summed E-state index contributed by atoms with van der Waals surface area (Å²) in [6.45, 7) is 6.28. The molecule has 2 aliphatic heterocycles. The molecule has 0 saturated carbocycles. The van der Waals surface area contributed by atoms with Gasteiger partial charge in [-0.2, -0.15) is 0 Å². The fraction of sp³-hybridized carbons (Fsp3) is 0.571. The number of ether oxygens (including phenoxy) is 1. The summed E-state index contributed by atoms with van der Waals surface area (Å²) in [7, 11) is 2.05. The molecule has 1 spiro atoms. The Morgan fingerprint density at radius 1 is 1.33 bits per heavy atom. The molecule has 0 bridgehead atoms. The number of likely N-dealkylation sites (tertiary alicyclic amines) is 1. The second kappa shape index (κ2) is 8.11. The maximum atomic E-state index is 6.40. The van der Waals surface area contributed by atoms with Crippen LogP contribution in [0.1, 0.15) is 40.6 Å². The van der Waals surface area contributed by atoms with Crippen molar-refractivity contribution >= 4 is 29.1 Å². The first kappa shape index (κ1) is 19.2. The van der Waals surface area contributed by atoms with E-state index >= 15 is 0 Å². The quantitative estimate of drug-likeness (QED) is 0.686. The number of fused-ring (bicyclic) bond motifs is 2. The lowest BCUT2D eigenvalue weighted by Gasteiger charge is -2.44. The number of anilines is 1. The normalized spacial score (nSPS) is 19.2. The van der Waals surface area contributed by atoms with Crippen LogP contribution in [0.4, 0.5) is 5.82 Å². The third-order valence-electron chi connectivity index (χ3n) is 5.88. The van der Waals surface area contributed by atoms with Gasteiger partial charge in [0, 0.05) is 55.3 Å². The van der Waals surface area contributed by atoms with Crippen LogP contribution >= 0.6 is 23.3 Å². The minimum absolute atomic E-state index is 0.0306. The van der Waals surface area contributed by atoms with Crippen molar-refractivity contribution in [3.63, 3.8) is 0 Å². The summed E-state index contributed by atoms with van der Waals surface area (Å²) in [6.07, 6.45) is 8.51. The lowest BCUT2D eigenvalue weighted by molar-refractivity contribution is -0.0981. The maximum Gasteiger partial charge on any atom is 0.138 e. The minimum atomic E-state index is -0.0306. The molecule has 0 atom stereocenters. The van der Waals surface area contributed by atoms with E-state index < -0.39 is 0 Å². The molecule has 0 unspecified atom stereocenters. The molecule has 0 N–H and O–H groups in total. The summed E-state index contributed by atoms with van der Waals surface area (Å²) >= 11 is 3.68. The molecule has 27 heavy (non-hydrogen) atoms. The maximum absolute atomic E-state index is 6.40. The highest BCUT2D eigenvalue weighted by Gasteiger charge is 2.41. The van der Waals surface area contributed by atoms with Crippen molar-refractivity contribution in [2.45, 2.75) is 44.8 Å². The number of piperidine rings is 1. The smallest absolute Gasteiger partial charge is 0.138 e. The van der Waals surface area contributed by atoms with Gasteiger partial charge < -0.3 is 9.04 Å². The van der Waals surface area contributed by atoms with Crippen LogP contribution in [-0.2, 0) is 29.7 Å². The number of nitrogens with zero attached hydrogens (tertiary/aromatic N) is 3. The Labute approximate surface area is 171 Å². The Kier molecular flexibility index (Phi) is 5.78. The van der Waals surface area contributed by atoms with Crippen molar-refractivity contribution in [2.24, 2.45) is 0 Å². The van der Waals surface area contributed by atoms with Crippen molar-refractivity contribution in [3.05, 3.63) is 45.3 Å². The topological polar surface area (TPSA) is 28.6 Å². The molecule has 146 valence electrons. The standard InChI is InChI=1S/C21H29N3OS2/c1-4-17-13-18-19(27-17)7-12-25-21(18)8-10-24(11-9-21)15-16-5-6-20(22-14-16)23(2)26-3/h5-6,13-14H,4,7-12,15H2,1-3H3. The molecule has 2 aromatic rings. The first-order valence-electron chi connectivity index (χ1n) is 9.84. The van der Waals surface area contributed by atoms with E-state index in [2.05, 4.69) is 45.6 Å². The number of hydrogen-bond acceptors (Lipinski definition) is 6. The van der Waals surface area contributed by atoms with Crippen LogP contribution in [0.25, 0.3) is 0 Å². The summed E-state index contributed by atoms with van der Waals surface area (Å²) < 4.78 is 8.48. The highest BCUT2D eigenvalue weighted by atomic mass is 32.2. The van der Waals surface area contributed by atoms with Gasteiger partial charge in [0.1, 0.15) is 5.82 Å². The van der Waals surface area contributed by atoms with E-state index in [1.54, 1.807) is 16.8 Å². The van der Waals surface area contributed by atoms with E-state index in [9.17, 15) is 0 Å². The number of hydrogen-bond donors (Lipinski definition) is 0. The Hall–Kier alpha value is -1.08. The van der Waals surface area contributed by atoms with E-state index in [4.69, 9.17) is 4.74 Å². The Morgan fingerprint density at radius 3 is 2.81 bits per heavy atom. The zero-order chi connectivity index (χ0) is 18.9. The van der Waals surface area contributed by atoms with Crippen LogP contribution in [0, 0.1) is 0 Å². The van der Waals surface area contributed by atoms with Gasteiger partial charge in [-0.05, 0) is 42.5 Å². The molecule has 0 aromatic carbocycles. The zero-order valence-corrected chi connectivity index (χ0v) is 18.2. The largest absolute Gasteiger partial charge is 0.370 e. The molecule has 4 nitrogen and oxygen atoms in total. The molecule has 0 amide bonds. The summed E-state index contributed by atoms with van der Waals surface area (Å²) in [6, 6.07) is 6.76. The second-order valence-corrected chi connectivity index (χ2v) is 9.61. The highest BCUT2D eigenvalue weighted by molar-refractivity contribution is 7.99. The Balaban J connectivity index is 1.40. The predicted molar refractivity (Wildman–Crippen MR) is 116 cm³/mol. The molecule has 6 heteroatoms. The van der Waals surface area contributed by atoms with Gasteiger partial charge in [-0.1, -0.05) is 24.9 Å². The van der Waals surface area contributed by atoms with Crippen LogP contribution in [0.3, 0.4) is 0 Å². The average Bonchev–Trinajstić information content (AvgIpc) is 3.15. The molecule has 0 radical (unpaired) electrons. The van der Waals surface area contributed by atoms with E-state index in [0.29, 0.717) is 0 Å². The molecule has 4 rings (SSSR count). The van der Waals surface area contributed by atoms with E-state index in [1.807, 2.05) is 24.6 Å². The van der Waals surface area contributed by atoms with E-state index in [-0.39, 0.29) is 5.60 Å². The third-order valence-corrected chi connectivity index (χ3v) is 7.96. The van der Waals surface area contributed by atoms with Crippen molar-refractivity contribution in [3.8, 4) is 0 Å². The van der Waals surface area contributed by atoms with Crippen LogP contribution in [0.2, 0.25) is 0 Å². The van der Waals surface area contributed by atoms with Crippen molar-refractivity contribution in [1.29, 1.82) is 0 Å². The summed E-state index contributed by atoms with van der Waals surface area (Å²) in [4.78, 5) is 10.2. The summed E-state index contributed by atoms with van der Waals surface area (Å²) in [5.74, 6) is 1.01. The first-order chi connectivity index (χ1) is 13.1. The Bertz CT molecular complexity index is 766. The van der Waals surface area contributed by atoms with Gasteiger partial charge in [0.15, 0.2) is 0 Å². The lowest BCUT2D eigenvalue weighted by atomic mass is 9.82. The predicted octanol–water partition coefficient (Wildman–Crippen LogP) is 4.48. The van der Waals surface area contributed by atoms with Crippen molar-refractivity contribution in [2.75, 3.05) is 37.3 Å².